The molecule has 2 aromatic carbocycles. The predicted octanol–water partition coefficient (Wildman–Crippen LogP) is 7.03. The van der Waals surface area contributed by atoms with Crippen LogP contribution in [-0.2, 0) is 4.74 Å². The Hall–Kier alpha value is -1.25. The summed E-state index contributed by atoms with van der Waals surface area (Å²) in [7, 11) is 0. The van der Waals surface area contributed by atoms with Crippen molar-refractivity contribution in [2.75, 3.05) is 6.61 Å². The third kappa shape index (κ3) is 3.36. The van der Waals surface area contributed by atoms with Crippen molar-refractivity contribution in [3.05, 3.63) is 71.8 Å². The van der Waals surface area contributed by atoms with Gasteiger partial charge in [0.05, 0.1) is 0 Å². The second-order valence-corrected chi connectivity index (χ2v) is 10.0. The zero-order chi connectivity index (χ0) is 18.7. The Morgan fingerprint density at radius 3 is 2.15 bits per heavy atom. The molecule has 3 atom stereocenters. The summed E-state index contributed by atoms with van der Waals surface area (Å²) in [5.41, 5.74) is 3.09. The van der Waals surface area contributed by atoms with Gasteiger partial charge in [0.15, 0.2) is 0 Å². The van der Waals surface area contributed by atoms with Crippen molar-refractivity contribution >= 4 is 11.8 Å². The van der Waals surface area contributed by atoms with Gasteiger partial charge in [0.1, 0.15) is 4.93 Å². The number of hydrogen-bond donors (Lipinski definition) is 0. The molecule has 2 fully saturated rings. The Kier molecular flexibility index (Phi) is 5.66. The molecule has 0 amide bonds. The lowest BCUT2D eigenvalue weighted by Crippen LogP contribution is -2.43. The van der Waals surface area contributed by atoms with E-state index >= 15 is 0 Å². The zero-order valence-corrected chi connectivity index (χ0v) is 17.5. The molecule has 27 heavy (non-hydrogen) atoms. The topological polar surface area (TPSA) is 9.23 Å². The van der Waals surface area contributed by atoms with Crippen molar-refractivity contribution in [2.24, 2.45) is 5.41 Å². The van der Waals surface area contributed by atoms with Crippen LogP contribution >= 0.6 is 11.8 Å². The van der Waals surface area contributed by atoms with E-state index in [4.69, 9.17) is 4.74 Å². The van der Waals surface area contributed by atoms with Crippen molar-refractivity contribution in [1.29, 1.82) is 0 Å². The van der Waals surface area contributed by atoms with E-state index in [2.05, 4.69) is 86.3 Å². The molecule has 1 saturated heterocycles. The quantitative estimate of drug-likeness (QED) is 0.510. The van der Waals surface area contributed by atoms with Crippen molar-refractivity contribution in [3.63, 3.8) is 0 Å². The molecule has 144 valence electrons. The van der Waals surface area contributed by atoms with Gasteiger partial charge < -0.3 is 4.74 Å². The van der Waals surface area contributed by atoms with Crippen LogP contribution in [0, 0.1) is 5.41 Å². The van der Waals surface area contributed by atoms with Crippen molar-refractivity contribution < 1.29 is 4.74 Å². The summed E-state index contributed by atoms with van der Waals surface area (Å²) in [6.45, 7) is 5.60. The molecule has 1 saturated carbocycles. The average Bonchev–Trinajstić information content (AvgIpc) is 3.19. The van der Waals surface area contributed by atoms with Crippen LogP contribution in [0.2, 0.25) is 0 Å². The Labute approximate surface area is 168 Å². The van der Waals surface area contributed by atoms with Crippen LogP contribution in [0.25, 0.3) is 0 Å². The summed E-state index contributed by atoms with van der Waals surface area (Å²) in [6, 6.07) is 22.4. The first kappa shape index (κ1) is 19.1. The fourth-order valence-corrected chi connectivity index (χ4v) is 7.61. The van der Waals surface area contributed by atoms with Gasteiger partial charge in [0.25, 0.3) is 0 Å². The molecule has 3 unspecified atom stereocenters. The number of ether oxygens (including phenoxy) is 1. The molecular formula is C25H32OS. The number of thioether (sulfide) groups is 1. The summed E-state index contributed by atoms with van der Waals surface area (Å²) in [5, 5.41) is 0.651. The SMILES string of the molecule is CCCC(C)SC12CCCC1(C(c1ccccc1)c1ccccc1)CCO2. The number of fused-ring (bicyclic) bond motifs is 1. The lowest BCUT2D eigenvalue weighted by molar-refractivity contribution is 0.0302. The summed E-state index contributed by atoms with van der Waals surface area (Å²) < 4.78 is 6.67. The lowest BCUT2D eigenvalue weighted by Gasteiger charge is -2.46. The molecule has 1 aliphatic heterocycles. The first-order chi connectivity index (χ1) is 13.2. The Morgan fingerprint density at radius 1 is 0.926 bits per heavy atom. The lowest BCUT2D eigenvalue weighted by atomic mass is 9.65. The van der Waals surface area contributed by atoms with Crippen LogP contribution in [0.4, 0.5) is 0 Å². The van der Waals surface area contributed by atoms with Crippen molar-refractivity contribution in [1.82, 2.24) is 0 Å². The largest absolute Gasteiger partial charge is 0.364 e. The Balaban J connectivity index is 1.80. The molecule has 0 spiro atoms. The molecule has 4 rings (SSSR count). The van der Waals surface area contributed by atoms with Gasteiger partial charge in [-0.3, -0.25) is 0 Å². The van der Waals surface area contributed by atoms with E-state index in [0.29, 0.717) is 11.2 Å². The Morgan fingerprint density at radius 2 is 1.56 bits per heavy atom. The molecule has 2 aliphatic rings. The molecule has 2 aromatic rings. The second kappa shape index (κ2) is 8.01. The van der Waals surface area contributed by atoms with Crippen LogP contribution in [0.5, 0.6) is 0 Å². The minimum absolute atomic E-state index is 0.0298. The van der Waals surface area contributed by atoms with Crippen LogP contribution in [0.3, 0.4) is 0 Å². The fourth-order valence-electron chi connectivity index (χ4n) is 5.64. The molecule has 1 aliphatic carbocycles. The van der Waals surface area contributed by atoms with Gasteiger partial charge in [-0.1, -0.05) is 80.9 Å². The maximum absolute atomic E-state index is 6.67. The van der Waals surface area contributed by atoms with Gasteiger partial charge in [0.2, 0.25) is 0 Å². The van der Waals surface area contributed by atoms with Crippen LogP contribution in [0.15, 0.2) is 60.7 Å². The van der Waals surface area contributed by atoms with Crippen molar-refractivity contribution in [3.8, 4) is 0 Å². The zero-order valence-electron chi connectivity index (χ0n) is 16.7. The van der Waals surface area contributed by atoms with Gasteiger partial charge in [-0.2, -0.15) is 0 Å². The molecule has 1 nitrogen and oxygen atoms in total. The van der Waals surface area contributed by atoms with Crippen LogP contribution < -0.4 is 0 Å². The van der Waals surface area contributed by atoms with E-state index < -0.39 is 0 Å². The van der Waals surface area contributed by atoms with Crippen LogP contribution in [-0.4, -0.2) is 16.8 Å². The maximum atomic E-state index is 6.67. The Bertz CT molecular complexity index is 677. The average molecular weight is 381 g/mol. The molecular weight excluding hydrogens is 348 g/mol. The first-order valence-corrected chi connectivity index (χ1v) is 11.5. The van der Waals surface area contributed by atoms with E-state index in [1.807, 2.05) is 0 Å². The van der Waals surface area contributed by atoms with E-state index in [1.54, 1.807) is 0 Å². The number of rotatable bonds is 7. The number of benzene rings is 2. The summed E-state index contributed by atoms with van der Waals surface area (Å²) in [5.74, 6) is 0.409. The normalized spacial score (nSPS) is 28.4. The van der Waals surface area contributed by atoms with E-state index in [1.165, 1.54) is 49.7 Å². The molecule has 1 heterocycles. The molecule has 0 aromatic heterocycles. The summed E-state index contributed by atoms with van der Waals surface area (Å²) in [4.78, 5) is -0.0298. The molecule has 0 N–H and O–H groups in total. The molecule has 0 bridgehead atoms. The van der Waals surface area contributed by atoms with Gasteiger partial charge in [-0.15, -0.1) is 11.8 Å². The monoisotopic (exact) mass is 380 g/mol. The van der Waals surface area contributed by atoms with Gasteiger partial charge in [-0.05, 0) is 43.2 Å². The van der Waals surface area contributed by atoms with Gasteiger partial charge in [-0.25, -0.2) is 0 Å². The third-order valence-corrected chi connectivity index (χ3v) is 8.42. The van der Waals surface area contributed by atoms with E-state index in [-0.39, 0.29) is 10.3 Å². The highest BCUT2D eigenvalue weighted by molar-refractivity contribution is 8.01. The predicted molar refractivity (Wildman–Crippen MR) is 116 cm³/mol. The fraction of sp³-hybridized carbons (Fsp3) is 0.520. The van der Waals surface area contributed by atoms with Gasteiger partial charge >= 0.3 is 0 Å². The van der Waals surface area contributed by atoms with Crippen molar-refractivity contribution in [2.45, 2.75) is 68.5 Å². The molecule has 0 radical (unpaired) electrons. The number of hydrogen-bond acceptors (Lipinski definition) is 2. The second-order valence-electron chi connectivity index (χ2n) is 8.33. The smallest absolute Gasteiger partial charge is 0.120 e. The standard InChI is InChI=1S/C25H32OS/c1-3-11-20(2)27-25-17-10-16-24(25,18-19-26-25)23(21-12-6-4-7-13-21)22-14-8-5-9-15-22/h4-9,12-15,20,23H,3,10-11,16-19H2,1-2H3. The summed E-state index contributed by atoms with van der Waals surface area (Å²) >= 11 is 2.14. The third-order valence-electron chi connectivity index (χ3n) is 6.68. The highest BCUT2D eigenvalue weighted by atomic mass is 32.2. The van der Waals surface area contributed by atoms with Crippen LogP contribution in [0.1, 0.15) is 69.4 Å². The van der Waals surface area contributed by atoms with E-state index in [9.17, 15) is 0 Å². The maximum Gasteiger partial charge on any atom is 0.120 e. The highest BCUT2D eigenvalue weighted by Gasteiger charge is 2.63. The highest BCUT2D eigenvalue weighted by Crippen LogP contribution is 2.68. The minimum Gasteiger partial charge on any atom is -0.364 e. The summed E-state index contributed by atoms with van der Waals surface area (Å²) in [6.07, 6.45) is 7.44. The van der Waals surface area contributed by atoms with E-state index in [0.717, 1.165) is 6.61 Å². The first-order valence-electron chi connectivity index (χ1n) is 10.6. The molecule has 2 heteroatoms. The minimum atomic E-state index is -0.0298. The van der Waals surface area contributed by atoms with Gasteiger partial charge in [0, 0.05) is 23.2 Å².